The summed E-state index contributed by atoms with van der Waals surface area (Å²) in [7, 11) is 0. The van der Waals surface area contributed by atoms with Gasteiger partial charge < -0.3 is 15.2 Å². The zero-order valence-electron chi connectivity index (χ0n) is 14.3. The molecule has 2 heterocycles. The number of nitrogens with one attached hydrogen (secondary N) is 2. The quantitative estimate of drug-likeness (QED) is 0.885. The highest BCUT2D eigenvalue weighted by atomic mass is 16.2. The van der Waals surface area contributed by atoms with Gasteiger partial charge in [0.15, 0.2) is 5.43 Å². The number of H-pyrrole nitrogens is 1. The number of likely N-dealkylation sites (tertiary alicyclic amines) is 1. The lowest BCUT2D eigenvalue weighted by Crippen LogP contribution is -2.32. The maximum absolute atomic E-state index is 12.4. The molecule has 2 aromatic rings. The molecule has 24 heavy (non-hydrogen) atoms. The van der Waals surface area contributed by atoms with Gasteiger partial charge >= 0.3 is 0 Å². The maximum atomic E-state index is 12.4. The summed E-state index contributed by atoms with van der Waals surface area (Å²) in [5, 5.41) is 3.58. The van der Waals surface area contributed by atoms with Crippen molar-refractivity contribution in [3.05, 3.63) is 46.2 Å². The molecule has 0 saturated carbocycles. The molecule has 0 aliphatic carbocycles. The van der Waals surface area contributed by atoms with Crippen LogP contribution in [0.25, 0.3) is 10.9 Å². The molecule has 1 fully saturated rings. The Morgan fingerprint density at radius 3 is 2.96 bits per heavy atom. The van der Waals surface area contributed by atoms with Gasteiger partial charge in [-0.3, -0.25) is 9.59 Å². The molecule has 2 N–H and O–H groups in total. The molecule has 1 saturated heterocycles. The van der Waals surface area contributed by atoms with E-state index in [1.54, 1.807) is 6.07 Å². The van der Waals surface area contributed by atoms with Crippen LogP contribution in [0.2, 0.25) is 0 Å². The highest BCUT2D eigenvalue weighted by Crippen LogP contribution is 2.16. The van der Waals surface area contributed by atoms with Crippen molar-refractivity contribution in [1.82, 2.24) is 15.2 Å². The Morgan fingerprint density at radius 2 is 2.17 bits per heavy atom. The van der Waals surface area contributed by atoms with Gasteiger partial charge in [-0.2, -0.15) is 0 Å². The fraction of sp³-hybridized carbons (Fsp3) is 0.474. The van der Waals surface area contributed by atoms with Crippen molar-refractivity contribution in [3.8, 4) is 0 Å². The van der Waals surface area contributed by atoms with Crippen LogP contribution in [0.1, 0.15) is 30.8 Å². The molecule has 5 nitrogen and oxygen atoms in total. The Balaban J connectivity index is 1.61. The number of benzene rings is 1. The van der Waals surface area contributed by atoms with Gasteiger partial charge in [0, 0.05) is 36.6 Å². The molecule has 1 aliphatic rings. The van der Waals surface area contributed by atoms with E-state index in [-0.39, 0.29) is 11.3 Å². The summed E-state index contributed by atoms with van der Waals surface area (Å²) >= 11 is 0. The third-order valence-corrected chi connectivity index (χ3v) is 4.53. The van der Waals surface area contributed by atoms with Crippen molar-refractivity contribution in [2.24, 2.45) is 11.8 Å². The zero-order valence-corrected chi connectivity index (χ0v) is 14.3. The van der Waals surface area contributed by atoms with Gasteiger partial charge in [0.05, 0.1) is 0 Å². The minimum absolute atomic E-state index is 0.126. The van der Waals surface area contributed by atoms with E-state index in [2.05, 4.69) is 29.0 Å². The van der Waals surface area contributed by atoms with Crippen LogP contribution < -0.4 is 10.7 Å². The number of nitrogens with zero attached hydrogens (tertiary/aromatic N) is 1. The number of aromatic nitrogens is 1. The van der Waals surface area contributed by atoms with Crippen LogP contribution in [-0.2, 0) is 0 Å². The molecule has 1 atom stereocenters. The molecular formula is C19H25N3O2. The van der Waals surface area contributed by atoms with E-state index in [4.69, 9.17) is 0 Å². The van der Waals surface area contributed by atoms with E-state index in [0.717, 1.165) is 26.1 Å². The average molecular weight is 327 g/mol. The smallest absolute Gasteiger partial charge is 0.267 e. The summed E-state index contributed by atoms with van der Waals surface area (Å²) in [5.41, 5.74) is 0.897. The van der Waals surface area contributed by atoms with Crippen LogP contribution in [0.4, 0.5) is 0 Å². The van der Waals surface area contributed by atoms with Gasteiger partial charge in [0.25, 0.3) is 5.91 Å². The second kappa shape index (κ2) is 7.18. The van der Waals surface area contributed by atoms with E-state index < -0.39 is 0 Å². The monoisotopic (exact) mass is 327 g/mol. The summed E-state index contributed by atoms with van der Waals surface area (Å²) < 4.78 is 0. The van der Waals surface area contributed by atoms with Crippen molar-refractivity contribution < 1.29 is 4.79 Å². The molecule has 0 unspecified atom stereocenters. The fourth-order valence-corrected chi connectivity index (χ4v) is 3.41. The zero-order chi connectivity index (χ0) is 17.1. The maximum Gasteiger partial charge on any atom is 0.267 e. The van der Waals surface area contributed by atoms with Crippen LogP contribution in [0.3, 0.4) is 0 Å². The number of amides is 1. The lowest BCUT2D eigenvalue weighted by molar-refractivity contribution is 0.0942. The van der Waals surface area contributed by atoms with Gasteiger partial charge in [-0.1, -0.05) is 26.0 Å². The minimum Gasteiger partial charge on any atom is -0.350 e. The lowest BCUT2D eigenvalue weighted by Gasteiger charge is -2.18. The van der Waals surface area contributed by atoms with Gasteiger partial charge in [-0.25, -0.2) is 0 Å². The summed E-state index contributed by atoms with van der Waals surface area (Å²) in [5.74, 6) is 0.945. The summed E-state index contributed by atoms with van der Waals surface area (Å²) in [6, 6.07) is 8.63. The first-order valence-corrected chi connectivity index (χ1v) is 8.65. The molecule has 1 amide bonds. The Kier molecular flexibility index (Phi) is 5.00. The Morgan fingerprint density at radius 1 is 1.38 bits per heavy atom. The van der Waals surface area contributed by atoms with E-state index in [0.29, 0.717) is 35.0 Å². The topological polar surface area (TPSA) is 65.2 Å². The number of rotatable bonds is 5. The Labute approximate surface area is 142 Å². The van der Waals surface area contributed by atoms with Crippen LogP contribution in [-0.4, -0.2) is 42.0 Å². The van der Waals surface area contributed by atoms with E-state index >= 15 is 0 Å². The number of fused-ring (bicyclic) bond motifs is 1. The number of hydrogen-bond acceptors (Lipinski definition) is 3. The molecule has 0 radical (unpaired) electrons. The Hall–Kier alpha value is -2.14. The third-order valence-electron chi connectivity index (χ3n) is 4.53. The molecule has 0 spiro atoms. The lowest BCUT2D eigenvalue weighted by atomic mass is 10.1. The minimum atomic E-state index is -0.208. The fourth-order valence-electron chi connectivity index (χ4n) is 3.41. The number of hydrogen-bond donors (Lipinski definition) is 2. The predicted molar refractivity (Wildman–Crippen MR) is 96.3 cm³/mol. The second-order valence-corrected chi connectivity index (χ2v) is 7.11. The Bertz CT molecular complexity index is 782. The van der Waals surface area contributed by atoms with Crippen molar-refractivity contribution in [3.63, 3.8) is 0 Å². The molecule has 1 aromatic heterocycles. The molecule has 1 aromatic carbocycles. The number of carbonyl (C=O) groups excluding carboxylic acids is 1. The highest BCUT2D eigenvalue weighted by molar-refractivity contribution is 5.94. The summed E-state index contributed by atoms with van der Waals surface area (Å²) in [6.45, 7) is 8.36. The van der Waals surface area contributed by atoms with E-state index in [9.17, 15) is 9.59 Å². The van der Waals surface area contributed by atoms with Crippen molar-refractivity contribution in [2.45, 2.75) is 20.3 Å². The van der Waals surface area contributed by atoms with Crippen molar-refractivity contribution in [2.75, 3.05) is 26.2 Å². The van der Waals surface area contributed by atoms with Crippen LogP contribution in [0.5, 0.6) is 0 Å². The third kappa shape index (κ3) is 3.85. The predicted octanol–water partition coefficient (Wildman–Crippen LogP) is 2.24. The highest BCUT2D eigenvalue weighted by Gasteiger charge is 2.23. The standard InChI is InChI=1S/C19H25N3O2/c1-13(2)11-22-8-7-14(12-22)10-20-19(24)17-9-18(23)15-5-3-4-6-16(15)21-17/h3-6,9,13-14H,7-8,10-12H2,1-2H3,(H,20,24)(H,21,23)/t14-/m0/s1. The molecule has 128 valence electrons. The summed E-state index contributed by atoms with van der Waals surface area (Å²) in [6.07, 6.45) is 1.11. The number of para-hydroxylation sites is 1. The first kappa shape index (κ1) is 16.7. The molecule has 1 aliphatic heterocycles. The molecular weight excluding hydrogens is 302 g/mol. The van der Waals surface area contributed by atoms with Crippen LogP contribution >= 0.6 is 0 Å². The van der Waals surface area contributed by atoms with Crippen molar-refractivity contribution in [1.29, 1.82) is 0 Å². The number of pyridine rings is 1. The van der Waals surface area contributed by atoms with Crippen molar-refractivity contribution >= 4 is 16.8 Å². The van der Waals surface area contributed by atoms with Gasteiger partial charge in [-0.05, 0) is 36.9 Å². The van der Waals surface area contributed by atoms with E-state index in [1.807, 2.05) is 18.2 Å². The van der Waals surface area contributed by atoms with Gasteiger partial charge in [0.2, 0.25) is 0 Å². The first-order valence-electron chi connectivity index (χ1n) is 8.65. The number of carbonyl (C=O) groups is 1. The van der Waals surface area contributed by atoms with Crippen LogP contribution in [0, 0.1) is 11.8 Å². The normalized spacial score (nSPS) is 18.4. The molecule has 5 heteroatoms. The SMILES string of the molecule is CC(C)CN1CC[C@@H](CNC(=O)c2cc(=O)c3ccccc3[nH]2)C1. The second-order valence-electron chi connectivity index (χ2n) is 7.11. The van der Waals surface area contributed by atoms with Gasteiger partial charge in [-0.15, -0.1) is 0 Å². The number of aromatic amines is 1. The largest absolute Gasteiger partial charge is 0.350 e. The molecule has 0 bridgehead atoms. The summed E-state index contributed by atoms with van der Waals surface area (Å²) in [4.78, 5) is 30.0. The molecule has 3 rings (SSSR count). The van der Waals surface area contributed by atoms with Gasteiger partial charge in [0.1, 0.15) is 5.69 Å². The van der Waals surface area contributed by atoms with E-state index in [1.165, 1.54) is 6.07 Å². The average Bonchev–Trinajstić information content (AvgIpc) is 2.99. The first-order chi connectivity index (χ1) is 11.5. The van der Waals surface area contributed by atoms with Crippen LogP contribution in [0.15, 0.2) is 35.1 Å².